The van der Waals surface area contributed by atoms with Crippen molar-refractivity contribution in [1.82, 2.24) is 19.8 Å². The molecular formula is C20H22N4O2S. The summed E-state index contributed by atoms with van der Waals surface area (Å²) in [7, 11) is 1.92. The van der Waals surface area contributed by atoms with Gasteiger partial charge in [-0.25, -0.2) is 4.98 Å². The summed E-state index contributed by atoms with van der Waals surface area (Å²) in [5.41, 5.74) is 2.25. The van der Waals surface area contributed by atoms with Crippen LogP contribution in [0.2, 0.25) is 0 Å². The topological polar surface area (TPSA) is 59.4 Å². The van der Waals surface area contributed by atoms with Gasteiger partial charge in [0.15, 0.2) is 0 Å². The second-order valence-electron chi connectivity index (χ2n) is 6.67. The Hall–Kier alpha value is -2.64. The Morgan fingerprint density at radius 3 is 3.04 bits per heavy atom. The predicted molar refractivity (Wildman–Crippen MR) is 104 cm³/mol. The average Bonchev–Trinajstić information content (AvgIpc) is 3.29. The SMILES string of the molecule is Cn1ccnc1CNC(=O)CN1Cc2ccccc2OC(c2ccsc2)C1. The highest BCUT2D eigenvalue weighted by molar-refractivity contribution is 7.07. The normalized spacial score (nSPS) is 17.0. The van der Waals surface area contributed by atoms with E-state index in [4.69, 9.17) is 4.74 Å². The van der Waals surface area contributed by atoms with Crippen LogP contribution in [0.25, 0.3) is 0 Å². The van der Waals surface area contributed by atoms with E-state index in [1.165, 1.54) is 0 Å². The minimum atomic E-state index is -0.0813. The van der Waals surface area contributed by atoms with Gasteiger partial charge in [0.2, 0.25) is 5.91 Å². The summed E-state index contributed by atoms with van der Waals surface area (Å²) in [6.07, 6.45) is 3.52. The van der Waals surface area contributed by atoms with Gasteiger partial charge < -0.3 is 14.6 Å². The van der Waals surface area contributed by atoms with E-state index in [1.54, 1.807) is 17.5 Å². The number of benzene rings is 1. The van der Waals surface area contributed by atoms with Gasteiger partial charge in [-0.2, -0.15) is 11.3 Å². The largest absolute Gasteiger partial charge is 0.484 e. The molecule has 0 aliphatic carbocycles. The van der Waals surface area contributed by atoms with Crippen molar-refractivity contribution >= 4 is 17.2 Å². The molecule has 140 valence electrons. The Labute approximate surface area is 162 Å². The molecule has 7 heteroatoms. The number of nitrogens with zero attached hydrogens (tertiary/aromatic N) is 3. The molecule has 2 aromatic heterocycles. The first-order valence-electron chi connectivity index (χ1n) is 8.91. The molecule has 0 saturated carbocycles. The fourth-order valence-electron chi connectivity index (χ4n) is 3.24. The number of aryl methyl sites for hydroxylation is 1. The molecule has 0 radical (unpaired) electrons. The van der Waals surface area contributed by atoms with Crippen LogP contribution in [-0.4, -0.2) is 33.4 Å². The number of para-hydroxylation sites is 1. The molecule has 1 N–H and O–H groups in total. The maximum Gasteiger partial charge on any atom is 0.234 e. The van der Waals surface area contributed by atoms with Crippen LogP contribution in [0.5, 0.6) is 5.75 Å². The Morgan fingerprint density at radius 1 is 1.37 bits per heavy atom. The van der Waals surface area contributed by atoms with Crippen molar-refractivity contribution < 1.29 is 9.53 Å². The maximum atomic E-state index is 12.5. The summed E-state index contributed by atoms with van der Waals surface area (Å²) in [5.74, 6) is 1.72. The number of hydrogen-bond acceptors (Lipinski definition) is 5. The number of aromatic nitrogens is 2. The zero-order valence-corrected chi connectivity index (χ0v) is 16.0. The van der Waals surface area contributed by atoms with E-state index in [9.17, 15) is 4.79 Å². The van der Waals surface area contributed by atoms with Gasteiger partial charge >= 0.3 is 0 Å². The number of hydrogen-bond donors (Lipinski definition) is 1. The van der Waals surface area contributed by atoms with E-state index in [0.29, 0.717) is 26.2 Å². The van der Waals surface area contributed by atoms with Crippen LogP contribution in [0.1, 0.15) is 23.1 Å². The molecule has 27 heavy (non-hydrogen) atoms. The first-order chi connectivity index (χ1) is 13.2. The summed E-state index contributed by atoms with van der Waals surface area (Å²) in [4.78, 5) is 18.9. The van der Waals surface area contributed by atoms with Crippen LogP contribution in [0.4, 0.5) is 0 Å². The third-order valence-electron chi connectivity index (χ3n) is 4.71. The minimum absolute atomic E-state index is 0.0125. The van der Waals surface area contributed by atoms with Crippen molar-refractivity contribution in [3.8, 4) is 5.75 Å². The van der Waals surface area contributed by atoms with Gasteiger partial charge in [0.1, 0.15) is 17.7 Å². The standard InChI is InChI=1S/C20H22N4O2S/c1-23-8-7-21-19(23)10-22-20(25)13-24-11-15-4-2-3-5-17(15)26-18(12-24)16-6-9-27-14-16/h2-9,14,18H,10-13H2,1H3,(H,22,25). The molecule has 3 heterocycles. The number of amides is 1. The van der Waals surface area contributed by atoms with Gasteiger partial charge in [-0.3, -0.25) is 9.69 Å². The van der Waals surface area contributed by atoms with Crippen LogP contribution >= 0.6 is 11.3 Å². The number of carbonyl (C=O) groups excluding carboxylic acids is 1. The number of rotatable bonds is 5. The molecule has 1 aliphatic rings. The van der Waals surface area contributed by atoms with Crippen LogP contribution < -0.4 is 10.1 Å². The van der Waals surface area contributed by atoms with Gasteiger partial charge in [-0.1, -0.05) is 18.2 Å². The molecule has 0 saturated heterocycles. The fourth-order valence-corrected chi connectivity index (χ4v) is 3.94. The lowest BCUT2D eigenvalue weighted by Crippen LogP contribution is -2.38. The molecule has 0 fully saturated rings. The fraction of sp³-hybridized carbons (Fsp3) is 0.300. The van der Waals surface area contributed by atoms with Crippen LogP contribution in [-0.2, 0) is 24.9 Å². The molecule has 0 bridgehead atoms. The van der Waals surface area contributed by atoms with E-state index < -0.39 is 0 Å². The van der Waals surface area contributed by atoms with E-state index in [1.807, 2.05) is 36.0 Å². The monoisotopic (exact) mass is 382 g/mol. The zero-order valence-electron chi connectivity index (χ0n) is 15.2. The van der Waals surface area contributed by atoms with Crippen molar-refractivity contribution in [2.24, 2.45) is 7.05 Å². The lowest BCUT2D eigenvalue weighted by molar-refractivity contribution is -0.122. The van der Waals surface area contributed by atoms with E-state index in [0.717, 1.165) is 22.7 Å². The number of imidazole rings is 1. The van der Waals surface area contributed by atoms with Crippen molar-refractivity contribution in [1.29, 1.82) is 0 Å². The van der Waals surface area contributed by atoms with Gasteiger partial charge in [0, 0.05) is 43.7 Å². The first-order valence-corrected chi connectivity index (χ1v) is 9.85. The van der Waals surface area contributed by atoms with E-state index in [-0.39, 0.29) is 12.0 Å². The highest BCUT2D eigenvalue weighted by atomic mass is 32.1. The molecule has 1 amide bonds. The van der Waals surface area contributed by atoms with Crippen LogP contribution in [0.15, 0.2) is 53.5 Å². The molecule has 3 aromatic rings. The van der Waals surface area contributed by atoms with Gasteiger partial charge in [0.05, 0.1) is 13.1 Å². The van der Waals surface area contributed by atoms with Gasteiger partial charge in [-0.05, 0) is 22.9 Å². The van der Waals surface area contributed by atoms with Crippen molar-refractivity contribution in [3.05, 3.63) is 70.4 Å². The number of ether oxygens (including phenoxy) is 1. The summed E-state index contributed by atoms with van der Waals surface area (Å²) in [5, 5.41) is 7.13. The summed E-state index contributed by atoms with van der Waals surface area (Å²) < 4.78 is 8.17. The Balaban J connectivity index is 1.46. The predicted octanol–water partition coefficient (Wildman–Crippen LogP) is 2.73. The first kappa shape index (κ1) is 17.8. The van der Waals surface area contributed by atoms with Gasteiger partial charge in [-0.15, -0.1) is 0 Å². The van der Waals surface area contributed by atoms with Crippen molar-refractivity contribution in [3.63, 3.8) is 0 Å². The number of nitrogens with one attached hydrogen (secondary N) is 1. The van der Waals surface area contributed by atoms with Crippen LogP contribution in [0.3, 0.4) is 0 Å². The molecule has 6 nitrogen and oxygen atoms in total. The lowest BCUT2D eigenvalue weighted by Gasteiger charge is -2.23. The second kappa shape index (κ2) is 7.94. The van der Waals surface area contributed by atoms with E-state index in [2.05, 4.69) is 38.1 Å². The zero-order chi connectivity index (χ0) is 18.6. The summed E-state index contributed by atoms with van der Waals surface area (Å²) >= 11 is 1.66. The molecule has 1 aromatic carbocycles. The smallest absolute Gasteiger partial charge is 0.234 e. The Morgan fingerprint density at radius 2 is 2.26 bits per heavy atom. The number of carbonyl (C=O) groups is 1. The average molecular weight is 382 g/mol. The van der Waals surface area contributed by atoms with Crippen LogP contribution in [0, 0.1) is 0 Å². The van der Waals surface area contributed by atoms with E-state index >= 15 is 0 Å². The van der Waals surface area contributed by atoms with Crippen molar-refractivity contribution in [2.45, 2.75) is 19.2 Å². The quantitative estimate of drug-likeness (QED) is 0.737. The molecule has 1 atom stereocenters. The molecule has 1 aliphatic heterocycles. The molecular weight excluding hydrogens is 360 g/mol. The third-order valence-corrected chi connectivity index (χ3v) is 5.41. The highest BCUT2D eigenvalue weighted by Crippen LogP contribution is 2.31. The minimum Gasteiger partial charge on any atom is -0.484 e. The number of fused-ring (bicyclic) bond motifs is 1. The highest BCUT2D eigenvalue weighted by Gasteiger charge is 2.25. The Kier molecular flexibility index (Phi) is 5.22. The Bertz CT molecular complexity index is 906. The van der Waals surface area contributed by atoms with Gasteiger partial charge in [0.25, 0.3) is 0 Å². The lowest BCUT2D eigenvalue weighted by atomic mass is 10.2. The third kappa shape index (κ3) is 4.20. The molecule has 1 unspecified atom stereocenters. The molecule has 4 rings (SSSR count). The maximum absolute atomic E-state index is 12.5. The van der Waals surface area contributed by atoms with Crippen molar-refractivity contribution in [2.75, 3.05) is 13.1 Å². The number of thiophene rings is 1. The molecule has 0 spiro atoms. The second-order valence-corrected chi connectivity index (χ2v) is 7.45. The summed E-state index contributed by atoms with van der Waals surface area (Å²) in [6.45, 7) is 2.11. The summed E-state index contributed by atoms with van der Waals surface area (Å²) in [6, 6.07) is 10.1.